The van der Waals surface area contributed by atoms with E-state index in [1.807, 2.05) is 0 Å². The van der Waals surface area contributed by atoms with Gasteiger partial charge in [0.1, 0.15) is 17.3 Å². The zero-order valence-corrected chi connectivity index (χ0v) is 14.9. The molecule has 1 atom stereocenters. The molecule has 0 spiro atoms. The Hall–Kier alpha value is -1.91. The fourth-order valence-corrected chi connectivity index (χ4v) is 3.56. The molecule has 1 aliphatic heterocycles. The van der Waals surface area contributed by atoms with E-state index in [1.165, 1.54) is 24.3 Å². The van der Waals surface area contributed by atoms with Crippen LogP contribution >= 0.6 is 11.6 Å². The molecule has 25 heavy (non-hydrogen) atoms. The van der Waals surface area contributed by atoms with E-state index in [9.17, 15) is 9.18 Å². The quantitative estimate of drug-likeness (QED) is 0.715. The van der Waals surface area contributed by atoms with Crippen LogP contribution in [-0.4, -0.2) is 18.9 Å². The van der Waals surface area contributed by atoms with Crippen LogP contribution in [0.25, 0.3) is 0 Å². The molecule has 1 heterocycles. The van der Waals surface area contributed by atoms with Gasteiger partial charge in [-0.05, 0) is 61.9 Å². The summed E-state index contributed by atoms with van der Waals surface area (Å²) in [7, 11) is 0. The van der Waals surface area contributed by atoms with Crippen molar-refractivity contribution in [2.45, 2.75) is 26.2 Å². The first-order valence-electron chi connectivity index (χ1n) is 8.52. The molecule has 5 heteroatoms. The van der Waals surface area contributed by atoms with Crippen molar-refractivity contribution in [3.8, 4) is 11.5 Å². The summed E-state index contributed by atoms with van der Waals surface area (Å²) in [5.41, 5.74) is 0.245. The molecule has 0 amide bonds. The molecule has 0 aromatic heterocycles. The molecular formula is C20H21ClFNO2. The van der Waals surface area contributed by atoms with Gasteiger partial charge in [-0.1, -0.05) is 24.9 Å². The van der Waals surface area contributed by atoms with Gasteiger partial charge in [-0.15, -0.1) is 0 Å². The molecule has 3 rings (SSSR count). The summed E-state index contributed by atoms with van der Waals surface area (Å²) in [4.78, 5) is 13.1. The van der Waals surface area contributed by atoms with Crippen LogP contribution in [0.4, 0.5) is 4.39 Å². The maximum Gasteiger partial charge on any atom is 0.170 e. The molecular weight excluding hydrogens is 341 g/mol. The van der Waals surface area contributed by atoms with Crippen molar-refractivity contribution in [2.24, 2.45) is 5.41 Å². The third-order valence-electron chi connectivity index (χ3n) is 4.69. The first-order valence-corrected chi connectivity index (χ1v) is 8.90. The van der Waals surface area contributed by atoms with Crippen LogP contribution in [0, 0.1) is 11.2 Å². The lowest BCUT2D eigenvalue weighted by Crippen LogP contribution is -2.33. The third kappa shape index (κ3) is 3.86. The lowest BCUT2D eigenvalue weighted by atomic mass is 9.76. The topological polar surface area (TPSA) is 38.3 Å². The Morgan fingerprint density at radius 2 is 2.04 bits per heavy atom. The normalized spacial score (nSPS) is 19.8. The van der Waals surface area contributed by atoms with E-state index in [1.54, 1.807) is 18.2 Å². The van der Waals surface area contributed by atoms with E-state index in [2.05, 4.69) is 12.2 Å². The van der Waals surface area contributed by atoms with Gasteiger partial charge < -0.3 is 10.1 Å². The van der Waals surface area contributed by atoms with E-state index in [0.29, 0.717) is 28.6 Å². The molecule has 0 aliphatic carbocycles. The van der Waals surface area contributed by atoms with Gasteiger partial charge in [0, 0.05) is 17.5 Å². The molecule has 1 fully saturated rings. The van der Waals surface area contributed by atoms with Gasteiger partial charge in [0.05, 0.1) is 5.02 Å². The van der Waals surface area contributed by atoms with Crippen LogP contribution in [-0.2, 0) is 0 Å². The van der Waals surface area contributed by atoms with E-state index in [0.717, 1.165) is 25.8 Å². The molecule has 1 N–H and O–H groups in total. The average molecular weight is 362 g/mol. The minimum atomic E-state index is -0.351. The van der Waals surface area contributed by atoms with Crippen molar-refractivity contribution in [3.63, 3.8) is 0 Å². The Morgan fingerprint density at radius 3 is 2.68 bits per heavy atom. The van der Waals surface area contributed by atoms with Crippen LogP contribution < -0.4 is 10.1 Å². The zero-order chi connectivity index (χ0) is 17.9. The van der Waals surface area contributed by atoms with Crippen molar-refractivity contribution in [2.75, 3.05) is 13.1 Å². The minimum absolute atomic E-state index is 0.125. The summed E-state index contributed by atoms with van der Waals surface area (Å²) in [6, 6.07) is 10.8. The van der Waals surface area contributed by atoms with E-state index < -0.39 is 0 Å². The van der Waals surface area contributed by atoms with E-state index in [4.69, 9.17) is 16.3 Å². The third-order valence-corrected chi connectivity index (χ3v) is 5.00. The summed E-state index contributed by atoms with van der Waals surface area (Å²) in [5, 5.41) is 3.72. The second-order valence-corrected chi connectivity index (χ2v) is 6.89. The van der Waals surface area contributed by atoms with Crippen LogP contribution in [0.5, 0.6) is 11.5 Å². The molecule has 132 valence electrons. The van der Waals surface area contributed by atoms with Crippen molar-refractivity contribution >= 4 is 17.4 Å². The second kappa shape index (κ2) is 7.54. The van der Waals surface area contributed by atoms with Gasteiger partial charge in [0.2, 0.25) is 0 Å². The summed E-state index contributed by atoms with van der Waals surface area (Å²) in [6.45, 7) is 3.66. The number of hydrogen-bond donors (Lipinski definition) is 1. The number of nitrogens with one attached hydrogen (secondary N) is 1. The number of ether oxygens (including phenoxy) is 1. The van der Waals surface area contributed by atoms with Crippen molar-refractivity contribution in [1.29, 1.82) is 0 Å². The Balaban J connectivity index is 1.87. The monoisotopic (exact) mass is 361 g/mol. The predicted octanol–water partition coefficient (Wildman–Crippen LogP) is 5.23. The maximum atomic E-state index is 13.1. The summed E-state index contributed by atoms with van der Waals surface area (Å²) >= 11 is 6.21. The molecule has 0 saturated carbocycles. The highest BCUT2D eigenvalue weighted by molar-refractivity contribution is 6.32. The van der Waals surface area contributed by atoms with Crippen LogP contribution in [0.2, 0.25) is 5.02 Å². The lowest BCUT2D eigenvalue weighted by Gasteiger charge is -2.26. The van der Waals surface area contributed by atoms with Gasteiger partial charge in [0.15, 0.2) is 5.78 Å². The highest BCUT2D eigenvalue weighted by atomic mass is 35.5. The Labute approximate surface area is 152 Å². The first kappa shape index (κ1) is 17.9. The molecule has 1 aliphatic rings. The Bertz CT molecular complexity index is 755. The molecule has 2 aromatic carbocycles. The summed E-state index contributed by atoms with van der Waals surface area (Å²) in [6.07, 6.45) is 2.66. The number of halogens is 2. The smallest absolute Gasteiger partial charge is 0.170 e. The highest BCUT2D eigenvalue weighted by Gasteiger charge is 2.40. The zero-order valence-electron chi connectivity index (χ0n) is 14.1. The molecule has 0 radical (unpaired) electrons. The summed E-state index contributed by atoms with van der Waals surface area (Å²) in [5.74, 6) is 0.660. The number of Topliss-reactive ketones (excluding diaryl/α,β-unsaturated/α-hetero) is 1. The van der Waals surface area contributed by atoms with Crippen molar-refractivity contribution in [1.82, 2.24) is 5.32 Å². The number of benzene rings is 2. The highest BCUT2D eigenvalue weighted by Crippen LogP contribution is 2.37. The second-order valence-electron chi connectivity index (χ2n) is 6.49. The minimum Gasteiger partial charge on any atom is -0.456 e. The predicted molar refractivity (Wildman–Crippen MR) is 97.1 cm³/mol. The average Bonchev–Trinajstić information content (AvgIpc) is 3.08. The maximum absolute atomic E-state index is 13.1. The first-order chi connectivity index (χ1) is 12.0. The number of carbonyl (C=O) groups excluding carboxylic acids is 1. The number of rotatable bonds is 6. The molecule has 2 aromatic rings. The van der Waals surface area contributed by atoms with E-state index in [-0.39, 0.29) is 17.0 Å². The van der Waals surface area contributed by atoms with Gasteiger partial charge in [-0.3, -0.25) is 4.79 Å². The largest absolute Gasteiger partial charge is 0.456 e. The van der Waals surface area contributed by atoms with Gasteiger partial charge in [-0.25, -0.2) is 4.39 Å². The number of carbonyl (C=O) groups is 1. The van der Waals surface area contributed by atoms with Crippen LogP contribution in [0.1, 0.15) is 36.5 Å². The van der Waals surface area contributed by atoms with Crippen LogP contribution in [0.15, 0.2) is 42.5 Å². The summed E-state index contributed by atoms with van der Waals surface area (Å²) < 4.78 is 18.8. The number of ketones is 1. The molecule has 1 saturated heterocycles. The lowest BCUT2D eigenvalue weighted by molar-refractivity contribution is 0.0801. The fourth-order valence-electron chi connectivity index (χ4n) is 3.40. The van der Waals surface area contributed by atoms with E-state index >= 15 is 0 Å². The Morgan fingerprint density at radius 1 is 1.28 bits per heavy atom. The molecule has 0 bridgehead atoms. The molecule has 3 nitrogen and oxygen atoms in total. The standard InChI is InChI=1S/C20H21ClFNO2/c1-2-9-20(10-11-23-13-20)19(24)14-3-8-17(21)18(12-14)25-16-6-4-15(22)5-7-16/h3-8,12,23H,2,9-11,13H2,1H3. The Kier molecular flexibility index (Phi) is 5.40. The van der Waals surface area contributed by atoms with Crippen molar-refractivity contribution < 1.29 is 13.9 Å². The van der Waals surface area contributed by atoms with Gasteiger partial charge >= 0.3 is 0 Å². The van der Waals surface area contributed by atoms with Crippen LogP contribution in [0.3, 0.4) is 0 Å². The SMILES string of the molecule is CCCC1(C(=O)c2ccc(Cl)c(Oc3ccc(F)cc3)c2)CCNC1. The molecule has 1 unspecified atom stereocenters. The van der Waals surface area contributed by atoms with Gasteiger partial charge in [0.25, 0.3) is 0 Å². The fraction of sp³-hybridized carbons (Fsp3) is 0.350. The number of hydrogen-bond acceptors (Lipinski definition) is 3. The van der Waals surface area contributed by atoms with Gasteiger partial charge in [-0.2, -0.15) is 0 Å². The van der Waals surface area contributed by atoms with Crippen molar-refractivity contribution in [3.05, 3.63) is 58.9 Å².